The van der Waals surface area contributed by atoms with Gasteiger partial charge in [0.15, 0.2) is 0 Å². The van der Waals surface area contributed by atoms with E-state index in [1.54, 1.807) is 22.2 Å². The Morgan fingerprint density at radius 3 is 2.43 bits per heavy atom. The van der Waals surface area contributed by atoms with Crippen molar-refractivity contribution < 1.29 is 0 Å². The van der Waals surface area contributed by atoms with Crippen LogP contribution in [0.25, 0.3) is 5.65 Å². The van der Waals surface area contributed by atoms with Gasteiger partial charge >= 0.3 is 0 Å². The lowest BCUT2D eigenvalue weighted by Crippen LogP contribution is -2.17. The van der Waals surface area contributed by atoms with E-state index in [0.29, 0.717) is 11.4 Å². The highest BCUT2D eigenvalue weighted by atomic mass is 32.2. The van der Waals surface area contributed by atoms with Crippen molar-refractivity contribution in [3.8, 4) is 0 Å². The summed E-state index contributed by atoms with van der Waals surface area (Å²) in [5.74, 6) is 0.699. The number of aromatic nitrogens is 2. The molecule has 0 aliphatic heterocycles. The molecule has 0 aliphatic carbocycles. The standard InChI is InChI=1S/C19H20N2OS/c1-12-8-13(2)19(14(3)9-12)23-11-16-10-18(22)21-15(4)6-5-7-17(21)20-16/h5-10H,11H2,1-4H3. The molecule has 0 unspecified atom stereocenters. The lowest BCUT2D eigenvalue weighted by molar-refractivity contribution is 0.968. The molecule has 23 heavy (non-hydrogen) atoms. The largest absolute Gasteiger partial charge is 0.269 e. The first-order chi connectivity index (χ1) is 11.0. The van der Waals surface area contributed by atoms with Gasteiger partial charge in [-0.3, -0.25) is 9.20 Å². The Morgan fingerprint density at radius 1 is 1.04 bits per heavy atom. The van der Waals surface area contributed by atoms with Gasteiger partial charge in [0.25, 0.3) is 5.56 Å². The molecule has 3 aromatic rings. The summed E-state index contributed by atoms with van der Waals surface area (Å²) in [7, 11) is 0. The lowest BCUT2D eigenvalue weighted by atomic mass is 10.1. The zero-order chi connectivity index (χ0) is 16.6. The molecule has 0 radical (unpaired) electrons. The van der Waals surface area contributed by atoms with Crippen LogP contribution in [0.2, 0.25) is 0 Å². The van der Waals surface area contributed by atoms with Crippen molar-refractivity contribution in [3.63, 3.8) is 0 Å². The summed E-state index contributed by atoms with van der Waals surface area (Å²) >= 11 is 1.75. The van der Waals surface area contributed by atoms with Gasteiger partial charge in [0.2, 0.25) is 0 Å². The van der Waals surface area contributed by atoms with E-state index in [9.17, 15) is 4.79 Å². The SMILES string of the molecule is Cc1cc(C)c(SCc2cc(=O)n3c(C)cccc3n2)c(C)c1. The molecule has 0 fully saturated rings. The maximum atomic E-state index is 12.3. The van der Waals surface area contributed by atoms with E-state index >= 15 is 0 Å². The molecular weight excluding hydrogens is 304 g/mol. The minimum absolute atomic E-state index is 0.0129. The minimum Gasteiger partial charge on any atom is -0.269 e. The van der Waals surface area contributed by atoms with Crippen LogP contribution < -0.4 is 5.56 Å². The molecule has 0 N–H and O–H groups in total. The Morgan fingerprint density at radius 2 is 1.74 bits per heavy atom. The predicted octanol–water partition coefficient (Wildman–Crippen LogP) is 4.22. The number of rotatable bonds is 3. The first kappa shape index (κ1) is 15.8. The molecule has 3 nitrogen and oxygen atoms in total. The number of benzene rings is 1. The number of hydrogen-bond acceptors (Lipinski definition) is 3. The van der Waals surface area contributed by atoms with E-state index in [4.69, 9.17) is 0 Å². The summed E-state index contributed by atoms with van der Waals surface area (Å²) in [5, 5.41) is 0. The van der Waals surface area contributed by atoms with Crippen molar-refractivity contribution >= 4 is 17.4 Å². The molecule has 0 amide bonds. The maximum absolute atomic E-state index is 12.3. The van der Waals surface area contributed by atoms with E-state index < -0.39 is 0 Å². The summed E-state index contributed by atoms with van der Waals surface area (Å²) in [6, 6.07) is 11.8. The van der Waals surface area contributed by atoms with Crippen molar-refractivity contribution in [2.45, 2.75) is 38.3 Å². The minimum atomic E-state index is -0.0129. The quantitative estimate of drug-likeness (QED) is 0.677. The van der Waals surface area contributed by atoms with Gasteiger partial charge in [0.1, 0.15) is 5.65 Å². The zero-order valence-electron chi connectivity index (χ0n) is 13.9. The molecule has 0 aliphatic rings. The first-order valence-electron chi connectivity index (χ1n) is 7.64. The van der Waals surface area contributed by atoms with Gasteiger partial charge in [-0.1, -0.05) is 23.8 Å². The lowest BCUT2D eigenvalue weighted by Gasteiger charge is -2.11. The van der Waals surface area contributed by atoms with Crippen LogP contribution in [0, 0.1) is 27.7 Å². The highest BCUT2D eigenvalue weighted by molar-refractivity contribution is 7.98. The van der Waals surface area contributed by atoms with E-state index in [-0.39, 0.29) is 5.56 Å². The molecule has 2 heterocycles. The average molecular weight is 324 g/mol. The molecule has 0 saturated heterocycles. The van der Waals surface area contributed by atoms with Crippen LogP contribution in [0.1, 0.15) is 28.1 Å². The fraction of sp³-hybridized carbons (Fsp3) is 0.263. The van der Waals surface area contributed by atoms with Gasteiger partial charge in [0, 0.05) is 22.4 Å². The summed E-state index contributed by atoms with van der Waals surface area (Å²) in [6.45, 7) is 8.30. The second-order valence-corrected chi connectivity index (χ2v) is 6.95. The van der Waals surface area contributed by atoms with Crippen LogP contribution in [-0.4, -0.2) is 9.38 Å². The second-order valence-electron chi connectivity index (χ2n) is 5.96. The molecule has 4 heteroatoms. The second kappa shape index (κ2) is 6.20. The van der Waals surface area contributed by atoms with E-state index in [0.717, 1.165) is 11.4 Å². The Kier molecular flexibility index (Phi) is 4.26. The molecular formula is C19H20N2OS. The molecule has 1 aromatic carbocycles. The third-order valence-corrected chi connectivity index (χ3v) is 5.27. The number of fused-ring (bicyclic) bond motifs is 1. The number of aryl methyl sites for hydroxylation is 4. The number of nitrogens with zero attached hydrogens (tertiary/aromatic N) is 2. The Hall–Kier alpha value is -2.07. The number of pyridine rings is 1. The maximum Gasteiger partial charge on any atom is 0.258 e. The third kappa shape index (κ3) is 3.17. The van der Waals surface area contributed by atoms with Gasteiger partial charge < -0.3 is 0 Å². The molecule has 3 rings (SSSR count). The smallest absolute Gasteiger partial charge is 0.258 e. The van der Waals surface area contributed by atoms with E-state index in [2.05, 4.69) is 37.9 Å². The summed E-state index contributed by atoms with van der Waals surface area (Å²) in [4.78, 5) is 18.2. The van der Waals surface area contributed by atoms with Crippen LogP contribution in [0.5, 0.6) is 0 Å². The van der Waals surface area contributed by atoms with Crippen molar-refractivity contribution in [3.05, 3.63) is 74.8 Å². The average Bonchev–Trinajstić information content (AvgIpc) is 2.45. The third-order valence-electron chi connectivity index (χ3n) is 3.90. The summed E-state index contributed by atoms with van der Waals surface area (Å²) < 4.78 is 1.65. The fourth-order valence-corrected chi connectivity index (χ4v) is 3.99. The van der Waals surface area contributed by atoms with E-state index in [1.165, 1.54) is 21.6 Å². The van der Waals surface area contributed by atoms with Crippen LogP contribution >= 0.6 is 11.8 Å². The van der Waals surface area contributed by atoms with Crippen molar-refractivity contribution in [2.75, 3.05) is 0 Å². The monoisotopic (exact) mass is 324 g/mol. The van der Waals surface area contributed by atoms with Gasteiger partial charge in [-0.2, -0.15) is 0 Å². The van der Waals surface area contributed by atoms with E-state index in [1.807, 2.05) is 25.1 Å². The Balaban J connectivity index is 1.93. The fourth-order valence-electron chi connectivity index (χ4n) is 2.98. The van der Waals surface area contributed by atoms with Gasteiger partial charge in [-0.05, 0) is 51.0 Å². The van der Waals surface area contributed by atoms with Crippen molar-refractivity contribution in [1.82, 2.24) is 9.38 Å². The molecule has 0 bridgehead atoms. The molecule has 0 atom stereocenters. The van der Waals surface area contributed by atoms with Crippen LogP contribution in [-0.2, 0) is 5.75 Å². The normalized spacial score (nSPS) is 11.1. The van der Waals surface area contributed by atoms with Gasteiger partial charge in [-0.15, -0.1) is 11.8 Å². The van der Waals surface area contributed by atoms with Crippen molar-refractivity contribution in [2.24, 2.45) is 0 Å². The van der Waals surface area contributed by atoms with Crippen LogP contribution in [0.3, 0.4) is 0 Å². The molecule has 0 spiro atoms. The number of hydrogen-bond donors (Lipinski definition) is 0. The van der Waals surface area contributed by atoms with Crippen LogP contribution in [0.15, 0.2) is 46.1 Å². The highest BCUT2D eigenvalue weighted by Crippen LogP contribution is 2.29. The Bertz CT molecular complexity index is 921. The molecule has 118 valence electrons. The topological polar surface area (TPSA) is 34.4 Å². The Labute approximate surface area is 140 Å². The highest BCUT2D eigenvalue weighted by Gasteiger charge is 2.08. The summed E-state index contributed by atoms with van der Waals surface area (Å²) in [6.07, 6.45) is 0. The zero-order valence-corrected chi connectivity index (χ0v) is 14.7. The predicted molar refractivity (Wildman–Crippen MR) is 96.4 cm³/mol. The van der Waals surface area contributed by atoms with Gasteiger partial charge in [-0.25, -0.2) is 4.98 Å². The first-order valence-corrected chi connectivity index (χ1v) is 8.63. The van der Waals surface area contributed by atoms with Gasteiger partial charge in [0.05, 0.1) is 5.69 Å². The number of thioether (sulfide) groups is 1. The molecule has 2 aromatic heterocycles. The summed E-state index contributed by atoms with van der Waals surface area (Å²) in [5.41, 5.74) is 6.27. The van der Waals surface area contributed by atoms with Crippen molar-refractivity contribution in [1.29, 1.82) is 0 Å². The van der Waals surface area contributed by atoms with Crippen LogP contribution in [0.4, 0.5) is 0 Å². The molecule has 0 saturated carbocycles.